The smallest absolute Gasteiger partial charge is 0.193 e. The third-order valence-electron chi connectivity index (χ3n) is 4.52. The van der Waals surface area contributed by atoms with Gasteiger partial charge in [-0.1, -0.05) is 23.8 Å². The zero-order valence-electron chi connectivity index (χ0n) is 15.9. The zero-order valence-corrected chi connectivity index (χ0v) is 18.2. The zero-order chi connectivity index (χ0) is 17.4. The molecule has 5 nitrogen and oxygen atoms in total. The van der Waals surface area contributed by atoms with E-state index in [0.29, 0.717) is 19.1 Å². The van der Waals surface area contributed by atoms with Gasteiger partial charge < -0.3 is 19.7 Å². The van der Waals surface area contributed by atoms with Crippen LogP contribution in [0.2, 0.25) is 0 Å². The van der Waals surface area contributed by atoms with Gasteiger partial charge in [-0.05, 0) is 31.4 Å². The summed E-state index contributed by atoms with van der Waals surface area (Å²) in [6.45, 7) is 9.27. The predicted molar refractivity (Wildman–Crippen MR) is 114 cm³/mol. The lowest BCUT2D eigenvalue weighted by molar-refractivity contribution is 0.0536. The maximum atomic E-state index is 5.66. The Morgan fingerprint density at radius 1 is 1.32 bits per heavy atom. The van der Waals surface area contributed by atoms with E-state index in [1.54, 1.807) is 7.11 Å². The molecular weight excluding hydrogens is 429 g/mol. The van der Waals surface area contributed by atoms with Gasteiger partial charge in [-0.3, -0.25) is 4.99 Å². The van der Waals surface area contributed by atoms with Crippen LogP contribution in [-0.4, -0.2) is 57.9 Å². The Balaban J connectivity index is 0.00000312. The molecule has 1 fully saturated rings. The lowest BCUT2D eigenvalue weighted by atomic mass is 10.1. The molecule has 0 aromatic heterocycles. The number of likely N-dealkylation sites (tertiary alicyclic amines) is 1. The number of guanidine groups is 1. The molecule has 1 aliphatic heterocycles. The molecule has 0 saturated carbocycles. The second kappa shape index (κ2) is 11.7. The Kier molecular flexibility index (Phi) is 10.4. The number of hydrogen-bond acceptors (Lipinski definition) is 3. The van der Waals surface area contributed by atoms with Gasteiger partial charge in [-0.2, -0.15) is 0 Å². The Bertz CT molecular complexity index is 551. The molecule has 2 rings (SSSR count). The van der Waals surface area contributed by atoms with Gasteiger partial charge in [0.25, 0.3) is 0 Å². The van der Waals surface area contributed by atoms with Crippen LogP contribution >= 0.6 is 24.0 Å². The van der Waals surface area contributed by atoms with Gasteiger partial charge in [0.1, 0.15) is 0 Å². The molecule has 0 amide bonds. The molecule has 1 aliphatic rings. The molecule has 1 N–H and O–H groups in total. The van der Waals surface area contributed by atoms with Crippen LogP contribution < -0.4 is 5.32 Å². The summed E-state index contributed by atoms with van der Waals surface area (Å²) in [6.07, 6.45) is 1.15. The number of aryl methyl sites for hydroxylation is 2. The second-order valence-electron chi connectivity index (χ2n) is 6.50. The molecule has 0 aliphatic carbocycles. The first-order valence-electron chi connectivity index (χ1n) is 8.72. The molecule has 1 aromatic rings. The normalized spacial score (nSPS) is 17.5. The van der Waals surface area contributed by atoms with Crippen molar-refractivity contribution in [3.63, 3.8) is 0 Å². The Morgan fingerprint density at radius 2 is 2.12 bits per heavy atom. The number of aliphatic imine (C=N–C) groups is 1. The van der Waals surface area contributed by atoms with E-state index in [2.05, 4.69) is 47.3 Å². The molecule has 1 atom stereocenters. The average molecular weight is 461 g/mol. The van der Waals surface area contributed by atoms with Crippen LogP contribution in [0.4, 0.5) is 0 Å². The van der Waals surface area contributed by atoms with Crippen molar-refractivity contribution in [2.24, 2.45) is 10.9 Å². The van der Waals surface area contributed by atoms with Crippen molar-refractivity contribution in [2.75, 3.05) is 47.1 Å². The fourth-order valence-electron chi connectivity index (χ4n) is 3.10. The molecule has 0 radical (unpaired) electrons. The molecule has 1 unspecified atom stereocenters. The number of halogens is 1. The third kappa shape index (κ3) is 7.11. The molecule has 1 heterocycles. The summed E-state index contributed by atoms with van der Waals surface area (Å²) >= 11 is 0. The topological polar surface area (TPSA) is 46.1 Å². The highest BCUT2D eigenvalue weighted by Crippen LogP contribution is 2.17. The lowest BCUT2D eigenvalue weighted by Gasteiger charge is -2.22. The molecule has 0 spiro atoms. The van der Waals surface area contributed by atoms with E-state index < -0.39 is 0 Å². The largest absolute Gasteiger partial charge is 0.382 e. The van der Waals surface area contributed by atoms with E-state index in [1.807, 2.05) is 7.05 Å². The molecule has 1 aromatic carbocycles. The van der Waals surface area contributed by atoms with Gasteiger partial charge in [0.15, 0.2) is 5.96 Å². The molecule has 0 bridgehead atoms. The first-order chi connectivity index (χ1) is 11.6. The highest BCUT2D eigenvalue weighted by molar-refractivity contribution is 14.0. The standard InChI is InChI=1S/C19H31N3O2.HI/c1-15-5-6-18(16(2)11-15)12-21-19(20-3)22-8-7-17(13-22)14-24-10-9-23-4;/h5-6,11,17H,7-10,12-14H2,1-4H3,(H,20,21);1H. The fraction of sp³-hybridized carbons (Fsp3) is 0.632. The summed E-state index contributed by atoms with van der Waals surface area (Å²) in [5.74, 6) is 1.55. The van der Waals surface area contributed by atoms with Gasteiger partial charge in [0.05, 0.1) is 19.8 Å². The van der Waals surface area contributed by atoms with Crippen LogP contribution in [0.3, 0.4) is 0 Å². The van der Waals surface area contributed by atoms with Crippen molar-refractivity contribution >= 4 is 29.9 Å². The number of rotatable bonds is 7. The van der Waals surface area contributed by atoms with Gasteiger partial charge in [-0.25, -0.2) is 0 Å². The molecule has 142 valence electrons. The van der Waals surface area contributed by atoms with E-state index in [4.69, 9.17) is 9.47 Å². The fourth-order valence-corrected chi connectivity index (χ4v) is 3.10. The highest BCUT2D eigenvalue weighted by atomic mass is 127. The first kappa shape index (κ1) is 22.2. The number of hydrogen-bond donors (Lipinski definition) is 1. The van der Waals surface area contributed by atoms with Crippen LogP contribution in [0.25, 0.3) is 0 Å². The van der Waals surface area contributed by atoms with Crippen molar-refractivity contribution in [1.29, 1.82) is 0 Å². The summed E-state index contributed by atoms with van der Waals surface area (Å²) in [6, 6.07) is 6.58. The van der Waals surface area contributed by atoms with Crippen molar-refractivity contribution in [3.8, 4) is 0 Å². The molecular formula is C19H32IN3O2. The monoisotopic (exact) mass is 461 g/mol. The van der Waals surface area contributed by atoms with Crippen LogP contribution in [0.1, 0.15) is 23.1 Å². The predicted octanol–water partition coefficient (Wildman–Crippen LogP) is 2.98. The summed E-state index contributed by atoms with van der Waals surface area (Å²) in [4.78, 5) is 6.77. The van der Waals surface area contributed by atoms with Crippen LogP contribution in [0, 0.1) is 19.8 Å². The second-order valence-corrected chi connectivity index (χ2v) is 6.50. The number of nitrogens with one attached hydrogen (secondary N) is 1. The minimum atomic E-state index is 0. The maximum Gasteiger partial charge on any atom is 0.193 e. The van der Waals surface area contributed by atoms with Crippen LogP contribution in [0.15, 0.2) is 23.2 Å². The number of nitrogens with zero attached hydrogens (tertiary/aromatic N) is 2. The minimum absolute atomic E-state index is 0. The van der Waals surface area contributed by atoms with Gasteiger partial charge in [-0.15, -0.1) is 24.0 Å². The number of benzene rings is 1. The third-order valence-corrected chi connectivity index (χ3v) is 4.52. The quantitative estimate of drug-likeness (QED) is 0.294. The SMILES string of the molecule is CN=C(NCc1ccc(C)cc1C)N1CCC(COCCOC)C1.I. The average Bonchev–Trinajstić information content (AvgIpc) is 3.03. The van der Waals surface area contributed by atoms with Crippen LogP contribution in [-0.2, 0) is 16.0 Å². The van der Waals surface area contributed by atoms with Crippen LogP contribution in [0.5, 0.6) is 0 Å². The Morgan fingerprint density at radius 3 is 2.80 bits per heavy atom. The first-order valence-corrected chi connectivity index (χ1v) is 8.72. The number of methoxy groups -OCH3 is 1. The van der Waals surface area contributed by atoms with E-state index in [9.17, 15) is 0 Å². The highest BCUT2D eigenvalue weighted by Gasteiger charge is 2.24. The van der Waals surface area contributed by atoms with Crippen molar-refractivity contribution < 1.29 is 9.47 Å². The maximum absolute atomic E-state index is 5.66. The summed E-state index contributed by atoms with van der Waals surface area (Å²) in [5, 5.41) is 3.50. The van der Waals surface area contributed by atoms with Gasteiger partial charge in [0.2, 0.25) is 0 Å². The van der Waals surface area contributed by atoms with E-state index in [0.717, 1.165) is 38.6 Å². The van der Waals surface area contributed by atoms with Crippen molar-refractivity contribution in [3.05, 3.63) is 34.9 Å². The molecule has 1 saturated heterocycles. The lowest BCUT2D eigenvalue weighted by Crippen LogP contribution is -2.40. The molecule has 6 heteroatoms. The van der Waals surface area contributed by atoms with E-state index >= 15 is 0 Å². The molecule has 25 heavy (non-hydrogen) atoms. The Labute approximate surface area is 169 Å². The summed E-state index contributed by atoms with van der Waals surface area (Å²) < 4.78 is 10.7. The summed E-state index contributed by atoms with van der Waals surface area (Å²) in [7, 11) is 3.55. The van der Waals surface area contributed by atoms with Crippen molar-refractivity contribution in [1.82, 2.24) is 10.2 Å². The summed E-state index contributed by atoms with van der Waals surface area (Å²) in [5.41, 5.74) is 3.95. The van der Waals surface area contributed by atoms with Gasteiger partial charge in [0, 0.05) is 39.7 Å². The van der Waals surface area contributed by atoms with E-state index in [1.165, 1.54) is 16.7 Å². The Hall–Kier alpha value is -0.860. The minimum Gasteiger partial charge on any atom is -0.382 e. The van der Waals surface area contributed by atoms with E-state index in [-0.39, 0.29) is 24.0 Å². The van der Waals surface area contributed by atoms with Crippen molar-refractivity contribution in [2.45, 2.75) is 26.8 Å². The number of ether oxygens (including phenoxy) is 2. The van der Waals surface area contributed by atoms with Gasteiger partial charge >= 0.3 is 0 Å².